The first kappa shape index (κ1) is 17.7. The molecule has 0 bridgehead atoms. The van der Waals surface area contributed by atoms with Crippen LogP contribution in [0.25, 0.3) is 0 Å². The van der Waals surface area contributed by atoms with Gasteiger partial charge in [-0.2, -0.15) is 0 Å². The number of carbonyl (C=O) groups is 2. The monoisotopic (exact) mass is 474 g/mol. The molecule has 4 nitrogen and oxygen atoms in total. The number of nitrogens with one attached hydrogen (secondary N) is 1. The summed E-state index contributed by atoms with van der Waals surface area (Å²) in [6.45, 7) is 1.15. The van der Waals surface area contributed by atoms with Crippen LogP contribution in [0.1, 0.15) is 22.5 Å². The van der Waals surface area contributed by atoms with E-state index in [1.807, 2.05) is 29.6 Å². The molecule has 3 rings (SSSR count). The molecule has 1 unspecified atom stereocenters. The number of hydrogen-bond acceptors (Lipinski definition) is 3. The van der Waals surface area contributed by atoms with Gasteiger partial charge in [0, 0.05) is 16.7 Å². The molecule has 24 heavy (non-hydrogen) atoms. The second kappa shape index (κ2) is 7.84. The average molecular weight is 475 g/mol. The van der Waals surface area contributed by atoms with Crippen LogP contribution in [0.15, 0.2) is 35.7 Å². The molecule has 2 amide bonds. The molecule has 0 aliphatic carbocycles. The minimum Gasteiger partial charge on any atom is -0.337 e. The number of carbonyl (C=O) groups excluding carboxylic acids is 2. The Morgan fingerprint density at radius 3 is 2.88 bits per heavy atom. The minimum atomic E-state index is -0.210. The maximum Gasteiger partial charge on any atom is 0.263 e. The molecule has 2 aromatic rings. The molecule has 0 saturated carbocycles. The Bertz CT molecular complexity index is 751. The highest BCUT2D eigenvalue weighted by molar-refractivity contribution is 14.1. The van der Waals surface area contributed by atoms with Gasteiger partial charge in [-0.1, -0.05) is 17.7 Å². The first-order valence-electron chi connectivity index (χ1n) is 7.63. The lowest BCUT2D eigenvalue weighted by Gasteiger charge is -2.31. The summed E-state index contributed by atoms with van der Waals surface area (Å²) < 4.78 is 1.01. The lowest BCUT2D eigenvalue weighted by molar-refractivity contribution is -0.121. The summed E-state index contributed by atoms with van der Waals surface area (Å²) in [5.41, 5.74) is 0.615. The smallest absolute Gasteiger partial charge is 0.263 e. The summed E-state index contributed by atoms with van der Waals surface area (Å²) in [6.07, 6.45) is 1.61. The molecule has 1 aliphatic rings. The van der Waals surface area contributed by atoms with Gasteiger partial charge in [-0.3, -0.25) is 9.59 Å². The Hall–Kier alpha value is -1.12. The largest absolute Gasteiger partial charge is 0.337 e. The van der Waals surface area contributed by atoms with Crippen molar-refractivity contribution < 1.29 is 9.59 Å². The van der Waals surface area contributed by atoms with E-state index in [-0.39, 0.29) is 17.7 Å². The Kier molecular flexibility index (Phi) is 5.78. The maximum absolute atomic E-state index is 12.6. The van der Waals surface area contributed by atoms with E-state index in [9.17, 15) is 9.59 Å². The number of nitrogens with zero attached hydrogens (tertiary/aromatic N) is 1. The van der Waals surface area contributed by atoms with Crippen LogP contribution in [0.3, 0.4) is 0 Å². The van der Waals surface area contributed by atoms with Crippen molar-refractivity contribution in [2.24, 2.45) is 5.92 Å². The molecular weight excluding hydrogens is 459 g/mol. The number of rotatable bonds is 3. The van der Waals surface area contributed by atoms with E-state index in [1.165, 1.54) is 11.3 Å². The molecule has 1 aromatic heterocycles. The van der Waals surface area contributed by atoms with Gasteiger partial charge in [-0.15, -0.1) is 11.3 Å². The molecule has 2 heterocycles. The number of amides is 2. The Morgan fingerprint density at radius 1 is 1.33 bits per heavy atom. The zero-order chi connectivity index (χ0) is 17.1. The minimum absolute atomic E-state index is 0.00907. The number of piperidine rings is 1. The summed E-state index contributed by atoms with van der Waals surface area (Å²) >= 11 is 9.78. The summed E-state index contributed by atoms with van der Waals surface area (Å²) in [4.78, 5) is 27.5. The molecule has 1 atom stereocenters. The van der Waals surface area contributed by atoms with Crippen molar-refractivity contribution in [3.05, 3.63) is 49.2 Å². The molecule has 126 valence electrons. The van der Waals surface area contributed by atoms with Crippen LogP contribution in [-0.4, -0.2) is 29.8 Å². The van der Waals surface area contributed by atoms with Gasteiger partial charge in [-0.25, -0.2) is 0 Å². The van der Waals surface area contributed by atoms with Gasteiger partial charge in [0.1, 0.15) is 0 Å². The average Bonchev–Trinajstić information content (AvgIpc) is 3.11. The highest BCUT2D eigenvalue weighted by Crippen LogP contribution is 2.26. The maximum atomic E-state index is 12.6. The molecule has 1 N–H and O–H groups in total. The normalized spacial score (nSPS) is 17.6. The molecule has 1 aromatic carbocycles. The fourth-order valence-electron chi connectivity index (χ4n) is 2.76. The first-order valence-corrected chi connectivity index (χ1v) is 9.97. The lowest BCUT2D eigenvalue weighted by atomic mass is 9.97. The summed E-state index contributed by atoms with van der Waals surface area (Å²) in [6, 6.07) is 9.20. The van der Waals surface area contributed by atoms with Crippen molar-refractivity contribution in [1.29, 1.82) is 0 Å². The number of hydrogen-bond donors (Lipinski definition) is 1. The lowest BCUT2D eigenvalue weighted by Crippen LogP contribution is -2.43. The van der Waals surface area contributed by atoms with Crippen molar-refractivity contribution in [3.8, 4) is 0 Å². The van der Waals surface area contributed by atoms with Gasteiger partial charge in [0.25, 0.3) is 5.91 Å². The van der Waals surface area contributed by atoms with Crippen LogP contribution in [0.5, 0.6) is 0 Å². The molecule has 1 saturated heterocycles. The zero-order valence-corrected chi connectivity index (χ0v) is 16.5. The van der Waals surface area contributed by atoms with Gasteiger partial charge in [0.05, 0.1) is 21.5 Å². The van der Waals surface area contributed by atoms with E-state index in [4.69, 9.17) is 11.6 Å². The first-order chi connectivity index (χ1) is 11.5. The quantitative estimate of drug-likeness (QED) is 0.666. The topological polar surface area (TPSA) is 49.4 Å². The van der Waals surface area contributed by atoms with Gasteiger partial charge >= 0.3 is 0 Å². The number of halogens is 2. The fraction of sp³-hybridized carbons (Fsp3) is 0.294. The van der Waals surface area contributed by atoms with E-state index in [1.54, 1.807) is 11.0 Å². The molecule has 1 aliphatic heterocycles. The molecule has 7 heteroatoms. The van der Waals surface area contributed by atoms with Crippen LogP contribution in [0.2, 0.25) is 5.02 Å². The van der Waals surface area contributed by atoms with Crippen molar-refractivity contribution in [2.45, 2.75) is 12.8 Å². The molecule has 0 radical (unpaired) electrons. The summed E-state index contributed by atoms with van der Waals surface area (Å²) in [5.74, 6) is -0.283. The Morgan fingerprint density at radius 2 is 2.17 bits per heavy atom. The van der Waals surface area contributed by atoms with E-state index in [2.05, 4.69) is 27.9 Å². The van der Waals surface area contributed by atoms with Crippen LogP contribution in [0.4, 0.5) is 5.69 Å². The van der Waals surface area contributed by atoms with E-state index in [0.29, 0.717) is 23.8 Å². The van der Waals surface area contributed by atoms with Crippen LogP contribution >= 0.6 is 45.5 Å². The van der Waals surface area contributed by atoms with Gasteiger partial charge < -0.3 is 10.2 Å². The number of benzene rings is 1. The highest BCUT2D eigenvalue weighted by Gasteiger charge is 2.29. The van der Waals surface area contributed by atoms with Crippen molar-refractivity contribution in [1.82, 2.24) is 4.90 Å². The summed E-state index contributed by atoms with van der Waals surface area (Å²) in [5, 5.41) is 5.31. The third kappa shape index (κ3) is 4.10. The van der Waals surface area contributed by atoms with Gasteiger partial charge in [0.15, 0.2) is 0 Å². The fourth-order valence-corrected chi connectivity index (χ4v) is 4.35. The van der Waals surface area contributed by atoms with E-state index >= 15 is 0 Å². The number of thiophene rings is 1. The molecule has 0 spiro atoms. The summed E-state index contributed by atoms with van der Waals surface area (Å²) in [7, 11) is 0. The van der Waals surface area contributed by atoms with Crippen molar-refractivity contribution in [3.63, 3.8) is 0 Å². The third-order valence-corrected chi connectivity index (χ3v) is 5.84. The Labute approximate surface area is 163 Å². The second-order valence-corrected chi connectivity index (χ2v) is 8.28. The molecular formula is C17H16ClIN2O2S. The van der Waals surface area contributed by atoms with E-state index in [0.717, 1.165) is 21.3 Å². The highest BCUT2D eigenvalue weighted by atomic mass is 127. The van der Waals surface area contributed by atoms with Crippen molar-refractivity contribution >= 4 is 63.0 Å². The van der Waals surface area contributed by atoms with Crippen molar-refractivity contribution in [2.75, 3.05) is 18.4 Å². The number of anilines is 1. The predicted octanol–water partition coefficient (Wildman–Crippen LogP) is 4.50. The number of likely N-dealkylation sites (tertiary alicyclic amines) is 1. The van der Waals surface area contributed by atoms with Crippen LogP contribution in [-0.2, 0) is 4.79 Å². The van der Waals surface area contributed by atoms with Crippen LogP contribution < -0.4 is 5.32 Å². The zero-order valence-electron chi connectivity index (χ0n) is 12.8. The SMILES string of the molecule is O=C(Nc1ccc(I)cc1Cl)C1CCCN(C(=O)c2cccs2)C1. The predicted molar refractivity (Wildman–Crippen MR) is 106 cm³/mol. The second-order valence-electron chi connectivity index (χ2n) is 5.68. The standard InChI is InChI=1S/C17H16ClIN2O2S/c18-13-9-12(19)5-6-14(13)20-16(22)11-3-1-7-21(10-11)17(23)15-4-2-8-24-15/h2,4-6,8-9,11H,1,3,7,10H2,(H,20,22). The van der Waals surface area contributed by atoms with Gasteiger partial charge in [0.2, 0.25) is 5.91 Å². The Balaban J connectivity index is 1.65. The van der Waals surface area contributed by atoms with E-state index < -0.39 is 0 Å². The van der Waals surface area contributed by atoms with Crippen LogP contribution in [0, 0.1) is 9.49 Å². The van der Waals surface area contributed by atoms with Gasteiger partial charge in [-0.05, 0) is 65.1 Å². The third-order valence-electron chi connectivity index (χ3n) is 4.00. The molecule has 1 fully saturated rings.